The van der Waals surface area contributed by atoms with Gasteiger partial charge in [0.25, 0.3) is 0 Å². The molecule has 134 valence electrons. The Bertz CT molecular complexity index is 692. The van der Waals surface area contributed by atoms with Gasteiger partial charge in [-0.1, -0.05) is 51.0 Å². The molecule has 0 saturated carbocycles. The molecule has 0 aromatic heterocycles. The quantitative estimate of drug-likeness (QED) is 0.715. The zero-order chi connectivity index (χ0) is 18.7. The number of unbranched alkanes of at least 4 members (excludes halogenated alkanes) is 1. The SMILES string of the molecule is CCCCc1cccc(C=O)c1O.CCCc1cccc(C=O)c1O. The van der Waals surface area contributed by atoms with Gasteiger partial charge in [0.05, 0.1) is 11.1 Å². The van der Waals surface area contributed by atoms with Gasteiger partial charge in [0.1, 0.15) is 11.5 Å². The van der Waals surface area contributed by atoms with Crippen LogP contribution in [-0.4, -0.2) is 22.8 Å². The summed E-state index contributed by atoms with van der Waals surface area (Å²) in [6.07, 6.45) is 6.10. The van der Waals surface area contributed by atoms with Crippen molar-refractivity contribution in [3.63, 3.8) is 0 Å². The summed E-state index contributed by atoms with van der Waals surface area (Å²) in [5, 5.41) is 19.1. The monoisotopic (exact) mass is 342 g/mol. The van der Waals surface area contributed by atoms with Crippen molar-refractivity contribution in [1.29, 1.82) is 0 Å². The number of rotatable bonds is 7. The number of phenols is 2. The Morgan fingerprint density at radius 3 is 1.64 bits per heavy atom. The second kappa shape index (κ2) is 11.0. The first kappa shape index (κ1) is 20.4. The third-order valence-electron chi connectivity index (χ3n) is 3.87. The van der Waals surface area contributed by atoms with Crippen LogP contribution in [0.3, 0.4) is 0 Å². The fourth-order valence-electron chi connectivity index (χ4n) is 2.45. The van der Waals surface area contributed by atoms with Crippen molar-refractivity contribution < 1.29 is 19.8 Å². The van der Waals surface area contributed by atoms with Crippen LogP contribution in [0.1, 0.15) is 65.0 Å². The number of benzene rings is 2. The predicted octanol–water partition coefficient (Wildman–Crippen LogP) is 4.70. The molecule has 2 rings (SSSR count). The fourth-order valence-corrected chi connectivity index (χ4v) is 2.45. The summed E-state index contributed by atoms with van der Waals surface area (Å²) >= 11 is 0. The number of carbonyl (C=O) groups is 2. The maximum atomic E-state index is 10.5. The van der Waals surface area contributed by atoms with Crippen LogP contribution in [0, 0.1) is 0 Å². The van der Waals surface area contributed by atoms with E-state index < -0.39 is 0 Å². The van der Waals surface area contributed by atoms with Crippen LogP contribution in [0.5, 0.6) is 11.5 Å². The molecule has 0 atom stereocenters. The minimum atomic E-state index is 0.134. The number of phenolic OH excluding ortho intramolecular Hbond substituents is 2. The predicted molar refractivity (Wildman–Crippen MR) is 99.6 cm³/mol. The smallest absolute Gasteiger partial charge is 0.153 e. The Kier molecular flexibility index (Phi) is 9.01. The third-order valence-corrected chi connectivity index (χ3v) is 3.87. The fraction of sp³-hybridized carbons (Fsp3) is 0.333. The van der Waals surface area contributed by atoms with Crippen LogP contribution in [-0.2, 0) is 12.8 Å². The molecule has 0 spiro atoms. The van der Waals surface area contributed by atoms with E-state index in [1.807, 2.05) is 19.1 Å². The standard InChI is InChI=1S/C11H14O2.C10H12O2/c1-2-3-5-9-6-4-7-10(8-12)11(9)13;1-2-4-8-5-3-6-9(7-11)10(8)12/h4,6-8,13H,2-3,5H2,1H3;3,5-7,12H,2,4H2,1H3. The van der Waals surface area contributed by atoms with Crippen molar-refractivity contribution >= 4 is 12.6 Å². The number of para-hydroxylation sites is 2. The van der Waals surface area contributed by atoms with Crippen LogP contribution in [0.4, 0.5) is 0 Å². The first-order valence-electron chi connectivity index (χ1n) is 8.61. The highest BCUT2D eigenvalue weighted by Crippen LogP contribution is 2.23. The van der Waals surface area contributed by atoms with Gasteiger partial charge in [0, 0.05) is 0 Å². The number of aryl methyl sites for hydroxylation is 2. The van der Waals surface area contributed by atoms with Crippen molar-refractivity contribution in [2.24, 2.45) is 0 Å². The maximum Gasteiger partial charge on any atom is 0.153 e. The lowest BCUT2D eigenvalue weighted by atomic mass is 10.0. The van der Waals surface area contributed by atoms with Gasteiger partial charge in [-0.25, -0.2) is 0 Å². The van der Waals surface area contributed by atoms with Gasteiger partial charge in [0.2, 0.25) is 0 Å². The molecule has 0 amide bonds. The summed E-state index contributed by atoms with van der Waals surface area (Å²) in [5.74, 6) is 0.278. The van der Waals surface area contributed by atoms with Crippen LogP contribution in [0.15, 0.2) is 36.4 Å². The van der Waals surface area contributed by atoms with E-state index in [4.69, 9.17) is 0 Å². The number of hydrogen-bond acceptors (Lipinski definition) is 4. The molecular weight excluding hydrogens is 316 g/mol. The maximum absolute atomic E-state index is 10.5. The highest BCUT2D eigenvalue weighted by Gasteiger charge is 2.05. The Morgan fingerprint density at radius 1 is 0.760 bits per heavy atom. The van der Waals surface area contributed by atoms with Crippen LogP contribution >= 0.6 is 0 Å². The third kappa shape index (κ3) is 6.07. The van der Waals surface area contributed by atoms with Gasteiger partial charge in [-0.15, -0.1) is 0 Å². The van der Waals surface area contributed by atoms with Crippen LogP contribution < -0.4 is 0 Å². The highest BCUT2D eigenvalue weighted by atomic mass is 16.3. The van der Waals surface area contributed by atoms with E-state index in [0.29, 0.717) is 23.7 Å². The lowest BCUT2D eigenvalue weighted by molar-refractivity contribution is 0.111. The summed E-state index contributed by atoms with van der Waals surface area (Å²) < 4.78 is 0. The molecule has 0 radical (unpaired) electrons. The van der Waals surface area contributed by atoms with Gasteiger partial charge in [-0.2, -0.15) is 0 Å². The Labute approximate surface area is 149 Å². The van der Waals surface area contributed by atoms with Crippen molar-refractivity contribution in [1.82, 2.24) is 0 Å². The second-order valence-electron chi connectivity index (χ2n) is 5.80. The zero-order valence-electron chi connectivity index (χ0n) is 14.9. The van der Waals surface area contributed by atoms with E-state index in [0.717, 1.165) is 43.2 Å². The molecule has 0 unspecified atom stereocenters. The van der Waals surface area contributed by atoms with Crippen molar-refractivity contribution in [3.8, 4) is 11.5 Å². The summed E-state index contributed by atoms with van der Waals surface area (Å²) in [4.78, 5) is 20.9. The number of aldehydes is 2. The Hall–Kier alpha value is -2.62. The number of carbonyl (C=O) groups excluding carboxylic acids is 2. The van der Waals surface area contributed by atoms with Crippen LogP contribution in [0.25, 0.3) is 0 Å². The summed E-state index contributed by atoms with van der Waals surface area (Å²) in [7, 11) is 0. The van der Waals surface area contributed by atoms with E-state index in [9.17, 15) is 19.8 Å². The van der Waals surface area contributed by atoms with Gasteiger partial charge in [0.15, 0.2) is 12.6 Å². The molecule has 2 N–H and O–H groups in total. The molecule has 0 saturated heterocycles. The van der Waals surface area contributed by atoms with Crippen molar-refractivity contribution in [2.75, 3.05) is 0 Å². The second-order valence-corrected chi connectivity index (χ2v) is 5.80. The van der Waals surface area contributed by atoms with Gasteiger partial charge in [-0.3, -0.25) is 9.59 Å². The molecule has 2 aromatic rings. The van der Waals surface area contributed by atoms with E-state index in [1.165, 1.54) is 0 Å². The van der Waals surface area contributed by atoms with Crippen molar-refractivity contribution in [2.45, 2.75) is 46.0 Å². The molecule has 0 fully saturated rings. The first-order valence-corrected chi connectivity index (χ1v) is 8.61. The lowest BCUT2D eigenvalue weighted by Gasteiger charge is -2.04. The molecule has 0 aliphatic rings. The van der Waals surface area contributed by atoms with E-state index in [2.05, 4.69) is 6.92 Å². The molecule has 0 heterocycles. The zero-order valence-corrected chi connectivity index (χ0v) is 14.9. The molecule has 0 aliphatic carbocycles. The molecule has 4 nitrogen and oxygen atoms in total. The lowest BCUT2D eigenvalue weighted by Crippen LogP contribution is -1.89. The Balaban J connectivity index is 0.000000251. The minimum absolute atomic E-state index is 0.134. The molecule has 25 heavy (non-hydrogen) atoms. The largest absolute Gasteiger partial charge is 0.507 e. The first-order chi connectivity index (χ1) is 12.1. The normalized spacial score (nSPS) is 9.84. The average molecular weight is 342 g/mol. The topological polar surface area (TPSA) is 74.6 Å². The summed E-state index contributed by atoms with van der Waals surface area (Å²) in [6, 6.07) is 10.5. The summed E-state index contributed by atoms with van der Waals surface area (Å²) in [6.45, 7) is 4.13. The number of aromatic hydroxyl groups is 2. The van der Waals surface area contributed by atoms with Crippen LogP contribution in [0.2, 0.25) is 0 Å². The highest BCUT2D eigenvalue weighted by molar-refractivity contribution is 5.80. The van der Waals surface area contributed by atoms with E-state index >= 15 is 0 Å². The minimum Gasteiger partial charge on any atom is -0.507 e. The molecule has 0 bridgehead atoms. The molecular formula is C21H26O4. The molecule has 2 aromatic carbocycles. The Morgan fingerprint density at radius 2 is 1.24 bits per heavy atom. The molecule has 4 heteroatoms. The number of hydrogen-bond donors (Lipinski definition) is 2. The van der Waals surface area contributed by atoms with Gasteiger partial charge >= 0.3 is 0 Å². The van der Waals surface area contributed by atoms with E-state index in [-0.39, 0.29) is 11.5 Å². The van der Waals surface area contributed by atoms with Gasteiger partial charge in [-0.05, 0) is 42.5 Å². The summed E-state index contributed by atoms with van der Waals surface area (Å²) in [5.41, 5.74) is 2.48. The average Bonchev–Trinajstić information content (AvgIpc) is 2.63. The van der Waals surface area contributed by atoms with E-state index in [1.54, 1.807) is 24.3 Å². The van der Waals surface area contributed by atoms with Crippen molar-refractivity contribution in [3.05, 3.63) is 58.7 Å². The van der Waals surface area contributed by atoms with Gasteiger partial charge < -0.3 is 10.2 Å². The molecule has 0 aliphatic heterocycles.